The average molecular weight is 246 g/mol. The maximum Gasteiger partial charge on any atom is 0.0718 e. The summed E-state index contributed by atoms with van der Waals surface area (Å²) in [6.07, 6.45) is 2.43. The Morgan fingerprint density at radius 1 is 1.39 bits per heavy atom. The maximum absolute atomic E-state index is 9.96. The lowest BCUT2D eigenvalue weighted by Gasteiger charge is -2.36. The van der Waals surface area contributed by atoms with Crippen molar-refractivity contribution in [3.8, 4) is 0 Å². The highest BCUT2D eigenvalue weighted by atomic mass is 16.3. The van der Waals surface area contributed by atoms with Gasteiger partial charge >= 0.3 is 0 Å². The minimum atomic E-state index is -0.239. The zero-order valence-electron chi connectivity index (χ0n) is 10.8. The summed E-state index contributed by atoms with van der Waals surface area (Å²) in [6.45, 7) is 7.26. The molecule has 3 heteroatoms. The lowest BCUT2D eigenvalue weighted by molar-refractivity contribution is 0.0459. The first-order valence-electron chi connectivity index (χ1n) is 6.58. The van der Waals surface area contributed by atoms with E-state index in [9.17, 15) is 5.11 Å². The van der Waals surface area contributed by atoms with Gasteiger partial charge in [-0.05, 0) is 12.0 Å². The number of nitrogens with one attached hydrogen (secondary N) is 1. The predicted octanol–water partition coefficient (Wildman–Crippen LogP) is 1.40. The molecule has 1 unspecified atom stereocenters. The van der Waals surface area contributed by atoms with Crippen LogP contribution in [0.2, 0.25) is 0 Å². The van der Waals surface area contributed by atoms with Crippen molar-refractivity contribution in [2.75, 3.05) is 19.6 Å². The van der Waals surface area contributed by atoms with E-state index >= 15 is 0 Å². The Balaban J connectivity index is 1.88. The van der Waals surface area contributed by atoms with Gasteiger partial charge in [-0.1, -0.05) is 36.4 Å². The highest BCUT2D eigenvalue weighted by Gasteiger charge is 2.26. The second-order valence-electron chi connectivity index (χ2n) is 4.88. The predicted molar refractivity (Wildman–Crippen MR) is 74.3 cm³/mol. The summed E-state index contributed by atoms with van der Waals surface area (Å²) < 4.78 is 0. The van der Waals surface area contributed by atoms with Gasteiger partial charge in [0, 0.05) is 32.2 Å². The summed E-state index contributed by atoms with van der Waals surface area (Å²) in [7, 11) is 0. The van der Waals surface area contributed by atoms with Crippen LogP contribution >= 0.6 is 0 Å². The quantitative estimate of drug-likeness (QED) is 0.771. The number of hydrogen-bond donors (Lipinski definition) is 2. The molecule has 0 aromatic heterocycles. The van der Waals surface area contributed by atoms with Crippen molar-refractivity contribution in [3.63, 3.8) is 0 Å². The third-order valence-corrected chi connectivity index (χ3v) is 3.43. The van der Waals surface area contributed by atoms with Crippen molar-refractivity contribution in [2.24, 2.45) is 0 Å². The second kappa shape index (κ2) is 6.69. The first kappa shape index (κ1) is 13.3. The number of benzene rings is 1. The minimum absolute atomic E-state index is 0.153. The molecule has 1 aromatic carbocycles. The van der Waals surface area contributed by atoms with Gasteiger partial charge in [0.15, 0.2) is 0 Å². The monoisotopic (exact) mass is 246 g/mol. The van der Waals surface area contributed by atoms with E-state index in [1.165, 1.54) is 5.56 Å². The largest absolute Gasteiger partial charge is 0.391 e. The Morgan fingerprint density at radius 2 is 2.17 bits per heavy atom. The van der Waals surface area contributed by atoms with Gasteiger partial charge in [-0.2, -0.15) is 0 Å². The molecule has 1 heterocycles. The number of piperidine rings is 1. The van der Waals surface area contributed by atoms with Crippen LogP contribution in [0.3, 0.4) is 0 Å². The molecular formula is C15H22N2O. The summed E-state index contributed by atoms with van der Waals surface area (Å²) in [4.78, 5) is 2.39. The summed E-state index contributed by atoms with van der Waals surface area (Å²) in [5.41, 5.74) is 1.33. The minimum Gasteiger partial charge on any atom is -0.391 e. The summed E-state index contributed by atoms with van der Waals surface area (Å²) in [5, 5.41) is 13.3. The first-order chi connectivity index (χ1) is 8.79. The molecule has 0 amide bonds. The SMILES string of the molecule is C=CCN[C@@H]1CN(Cc2ccccc2)CCC1O. The third kappa shape index (κ3) is 3.67. The number of aliphatic hydroxyl groups is 1. The van der Waals surface area contributed by atoms with Crippen molar-refractivity contribution >= 4 is 0 Å². The van der Waals surface area contributed by atoms with Gasteiger partial charge < -0.3 is 10.4 Å². The van der Waals surface area contributed by atoms with Crippen molar-refractivity contribution in [2.45, 2.75) is 25.1 Å². The van der Waals surface area contributed by atoms with E-state index < -0.39 is 0 Å². The average Bonchev–Trinajstić information content (AvgIpc) is 2.40. The zero-order chi connectivity index (χ0) is 12.8. The maximum atomic E-state index is 9.96. The van der Waals surface area contributed by atoms with E-state index in [4.69, 9.17) is 0 Å². The fourth-order valence-electron chi connectivity index (χ4n) is 2.43. The van der Waals surface area contributed by atoms with Gasteiger partial charge in [0.05, 0.1) is 6.10 Å². The van der Waals surface area contributed by atoms with E-state index in [1.807, 2.05) is 12.1 Å². The smallest absolute Gasteiger partial charge is 0.0718 e. The van der Waals surface area contributed by atoms with E-state index in [0.717, 1.165) is 32.6 Å². The standard InChI is InChI=1S/C15H22N2O/c1-2-9-16-14-12-17(10-8-15(14)18)11-13-6-4-3-5-7-13/h2-7,14-16,18H,1,8-12H2/t14-,15?/m1/s1. The van der Waals surface area contributed by atoms with Crippen LogP contribution < -0.4 is 5.32 Å². The molecule has 1 aliphatic rings. The summed E-state index contributed by atoms with van der Waals surface area (Å²) in [6, 6.07) is 10.6. The Morgan fingerprint density at radius 3 is 2.89 bits per heavy atom. The van der Waals surface area contributed by atoms with Crippen molar-refractivity contribution < 1.29 is 5.11 Å². The fraction of sp³-hybridized carbons (Fsp3) is 0.467. The Bertz CT molecular complexity index is 366. The van der Waals surface area contributed by atoms with Gasteiger partial charge in [-0.3, -0.25) is 4.90 Å². The molecule has 1 fully saturated rings. The number of likely N-dealkylation sites (tertiary alicyclic amines) is 1. The van der Waals surface area contributed by atoms with Crippen LogP contribution in [0.1, 0.15) is 12.0 Å². The molecule has 0 saturated carbocycles. The van der Waals surface area contributed by atoms with Crippen LogP contribution in [0.25, 0.3) is 0 Å². The van der Waals surface area contributed by atoms with E-state index in [-0.39, 0.29) is 12.1 Å². The lowest BCUT2D eigenvalue weighted by Crippen LogP contribution is -2.53. The molecule has 0 aliphatic carbocycles. The van der Waals surface area contributed by atoms with Crippen LogP contribution in [0, 0.1) is 0 Å². The summed E-state index contributed by atoms with van der Waals surface area (Å²) in [5.74, 6) is 0. The third-order valence-electron chi connectivity index (χ3n) is 3.43. The van der Waals surface area contributed by atoms with Crippen LogP contribution in [0.5, 0.6) is 0 Å². The zero-order valence-corrected chi connectivity index (χ0v) is 10.8. The normalized spacial score (nSPS) is 24.9. The molecule has 98 valence electrons. The topological polar surface area (TPSA) is 35.5 Å². The van der Waals surface area contributed by atoms with Gasteiger partial charge in [-0.15, -0.1) is 6.58 Å². The second-order valence-corrected chi connectivity index (χ2v) is 4.88. The summed E-state index contributed by atoms with van der Waals surface area (Å²) >= 11 is 0. The lowest BCUT2D eigenvalue weighted by atomic mass is 10.0. The van der Waals surface area contributed by atoms with Crippen molar-refractivity contribution in [1.82, 2.24) is 10.2 Å². The number of aliphatic hydroxyl groups excluding tert-OH is 1. The highest BCUT2D eigenvalue weighted by molar-refractivity contribution is 5.14. The van der Waals surface area contributed by atoms with E-state index in [1.54, 1.807) is 0 Å². The number of hydrogen-bond acceptors (Lipinski definition) is 3. The van der Waals surface area contributed by atoms with Crippen molar-refractivity contribution in [3.05, 3.63) is 48.6 Å². The fourth-order valence-corrected chi connectivity index (χ4v) is 2.43. The molecule has 1 saturated heterocycles. The molecule has 1 aromatic rings. The number of rotatable bonds is 5. The van der Waals surface area contributed by atoms with Gasteiger partial charge in [0.25, 0.3) is 0 Å². The van der Waals surface area contributed by atoms with Crippen LogP contribution in [0.4, 0.5) is 0 Å². The molecule has 0 radical (unpaired) electrons. The van der Waals surface area contributed by atoms with Crippen LogP contribution in [-0.4, -0.2) is 41.8 Å². The highest BCUT2D eigenvalue weighted by Crippen LogP contribution is 2.14. The van der Waals surface area contributed by atoms with Gasteiger partial charge in [0.2, 0.25) is 0 Å². The van der Waals surface area contributed by atoms with Crippen LogP contribution in [0.15, 0.2) is 43.0 Å². The molecular weight excluding hydrogens is 224 g/mol. The van der Waals surface area contributed by atoms with E-state index in [2.05, 4.69) is 41.1 Å². The van der Waals surface area contributed by atoms with Gasteiger partial charge in [0.1, 0.15) is 0 Å². The molecule has 1 aliphatic heterocycles. The van der Waals surface area contributed by atoms with Gasteiger partial charge in [-0.25, -0.2) is 0 Å². The molecule has 2 N–H and O–H groups in total. The van der Waals surface area contributed by atoms with Crippen molar-refractivity contribution in [1.29, 1.82) is 0 Å². The molecule has 2 atom stereocenters. The molecule has 0 spiro atoms. The molecule has 3 nitrogen and oxygen atoms in total. The molecule has 2 rings (SSSR count). The van der Waals surface area contributed by atoms with E-state index in [0.29, 0.717) is 0 Å². The number of nitrogens with zero attached hydrogens (tertiary/aromatic N) is 1. The Labute approximate surface area is 109 Å². The first-order valence-corrected chi connectivity index (χ1v) is 6.58. The molecule has 18 heavy (non-hydrogen) atoms. The van der Waals surface area contributed by atoms with Crippen LogP contribution in [-0.2, 0) is 6.54 Å². The molecule has 0 bridgehead atoms. The Kier molecular flexibility index (Phi) is 4.93. The Hall–Kier alpha value is -1.16.